The van der Waals surface area contributed by atoms with E-state index in [0.717, 1.165) is 5.01 Å². The molecule has 2 aliphatic rings. The van der Waals surface area contributed by atoms with Gasteiger partial charge in [0.05, 0.1) is 33.7 Å². The first kappa shape index (κ1) is 19.0. The molecule has 1 unspecified atom stereocenters. The minimum Gasteiger partial charge on any atom is -0.320 e. The number of hydrogen-bond acceptors (Lipinski definition) is 7. The molecular formula is C16H18N4O6S. The Balaban J connectivity index is 1.80. The maximum atomic E-state index is 12.5. The van der Waals surface area contributed by atoms with Crippen molar-refractivity contribution in [3.63, 3.8) is 0 Å². The van der Waals surface area contributed by atoms with Crippen LogP contribution in [0.5, 0.6) is 0 Å². The lowest BCUT2D eigenvalue weighted by molar-refractivity contribution is -0.385. The Hall–Kier alpha value is -2.82. The molecule has 3 rings (SSSR count). The van der Waals surface area contributed by atoms with Gasteiger partial charge in [0, 0.05) is 18.9 Å². The molecule has 1 fully saturated rings. The highest BCUT2D eigenvalue weighted by Gasteiger charge is 2.37. The molecule has 1 aromatic carbocycles. The Labute approximate surface area is 155 Å². The van der Waals surface area contributed by atoms with E-state index in [9.17, 15) is 28.1 Å². The maximum Gasteiger partial charge on any atom is 0.274 e. The van der Waals surface area contributed by atoms with Gasteiger partial charge in [0.1, 0.15) is 5.71 Å². The van der Waals surface area contributed by atoms with E-state index >= 15 is 0 Å². The summed E-state index contributed by atoms with van der Waals surface area (Å²) < 4.78 is 23.3. The molecule has 0 aliphatic carbocycles. The fourth-order valence-electron chi connectivity index (χ4n) is 3.14. The van der Waals surface area contributed by atoms with Crippen LogP contribution in [-0.4, -0.2) is 53.4 Å². The molecule has 0 saturated carbocycles. The largest absolute Gasteiger partial charge is 0.320 e. The van der Waals surface area contributed by atoms with Crippen molar-refractivity contribution in [2.24, 2.45) is 5.10 Å². The number of hydrogen-bond donors (Lipinski definition) is 1. The highest BCUT2D eigenvalue weighted by Crippen LogP contribution is 2.26. The summed E-state index contributed by atoms with van der Waals surface area (Å²) in [5.74, 6) is -1.07. The molecule has 11 heteroatoms. The summed E-state index contributed by atoms with van der Waals surface area (Å²) in [5, 5.41) is 18.8. The number of anilines is 1. The van der Waals surface area contributed by atoms with Crippen LogP contribution in [0.3, 0.4) is 0 Å². The number of amides is 2. The summed E-state index contributed by atoms with van der Waals surface area (Å²) in [4.78, 5) is 35.1. The van der Waals surface area contributed by atoms with Crippen molar-refractivity contribution in [2.45, 2.75) is 32.2 Å². The number of carbonyl (C=O) groups is 2. The molecule has 2 amide bonds. The third kappa shape index (κ3) is 3.97. The van der Waals surface area contributed by atoms with Gasteiger partial charge in [-0.3, -0.25) is 19.7 Å². The number of benzene rings is 1. The molecule has 2 aliphatic heterocycles. The van der Waals surface area contributed by atoms with Crippen LogP contribution in [0.1, 0.15) is 24.8 Å². The van der Waals surface area contributed by atoms with Crippen molar-refractivity contribution < 1.29 is 22.9 Å². The zero-order valence-corrected chi connectivity index (χ0v) is 15.4. The van der Waals surface area contributed by atoms with E-state index < -0.39 is 26.7 Å². The quantitative estimate of drug-likeness (QED) is 0.597. The average molecular weight is 394 g/mol. The van der Waals surface area contributed by atoms with Gasteiger partial charge >= 0.3 is 0 Å². The van der Waals surface area contributed by atoms with E-state index in [1.165, 1.54) is 25.1 Å². The second kappa shape index (κ2) is 7.06. The van der Waals surface area contributed by atoms with Crippen LogP contribution >= 0.6 is 0 Å². The van der Waals surface area contributed by atoms with E-state index in [2.05, 4.69) is 10.4 Å². The maximum absolute atomic E-state index is 12.5. The Kier molecular flexibility index (Phi) is 4.96. The highest BCUT2D eigenvalue weighted by atomic mass is 32.2. The van der Waals surface area contributed by atoms with Crippen LogP contribution in [0.15, 0.2) is 23.3 Å². The fourth-order valence-corrected chi connectivity index (χ4v) is 4.83. The summed E-state index contributed by atoms with van der Waals surface area (Å²) in [6, 6.07) is 3.77. The number of nitro benzene ring substituents is 1. The monoisotopic (exact) mass is 394 g/mol. The molecule has 144 valence electrons. The molecule has 2 heterocycles. The molecule has 0 bridgehead atoms. The topological polar surface area (TPSA) is 139 Å². The number of rotatable bonds is 4. The van der Waals surface area contributed by atoms with Gasteiger partial charge in [0.2, 0.25) is 5.91 Å². The molecule has 1 N–H and O–H groups in total. The van der Waals surface area contributed by atoms with Crippen LogP contribution in [-0.2, 0) is 19.4 Å². The van der Waals surface area contributed by atoms with Gasteiger partial charge in [-0.2, -0.15) is 5.10 Å². The Morgan fingerprint density at radius 1 is 1.37 bits per heavy atom. The van der Waals surface area contributed by atoms with Gasteiger partial charge < -0.3 is 5.32 Å². The van der Waals surface area contributed by atoms with Gasteiger partial charge in [-0.1, -0.05) is 6.07 Å². The third-order valence-electron chi connectivity index (χ3n) is 4.63. The average Bonchev–Trinajstić information content (AvgIpc) is 2.96. The summed E-state index contributed by atoms with van der Waals surface area (Å²) in [6.07, 6.45) is 0.460. The van der Waals surface area contributed by atoms with Crippen LogP contribution < -0.4 is 5.32 Å². The first-order chi connectivity index (χ1) is 12.7. The Morgan fingerprint density at radius 3 is 2.74 bits per heavy atom. The van der Waals surface area contributed by atoms with E-state index in [1.54, 1.807) is 0 Å². The molecule has 0 aromatic heterocycles. The number of nitro groups is 1. The van der Waals surface area contributed by atoms with Crippen molar-refractivity contribution >= 4 is 38.7 Å². The first-order valence-electron chi connectivity index (χ1n) is 8.33. The van der Waals surface area contributed by atoms with Gasteiger partial charge in [-0.25, -0.2) is 13.4 Å². The van der Waals surface area contributed by atoms with E-state index in [-0.39, 0.29) is 53.8 Å². The first-order valence-corrected chi connectivity index (χ1v) is 10.2. The number of carbonyl (C=O) groups excluding carboxylic acids is 2. The third-order valence-corrected chi connectivity index (χ3v) is 6.38. The van der Waals surface area contributed by atoms with Crippen molar-refractivity contribution in [1.29, 1.82) is 0 Å². The summed E-state index contributed by atoms with van der Waals surface area (Å²) in [7, 11) is -3.20. The Morgan fingerprint density at radius 2 is 2.11 bits per heavy atom. The van der Waals surface area contributed by atoms with Crippen LogP contribution in [0.4, 0.5) is 11.4 Å². The molecule has 0 spiro atoms. The summed E-state index contributed by atoms with van der Waals surface area (Å²) in [6.45, 7) is 1.52. The lowest BCUT2D eigenvalue weighted by Crippen LogP contribution is -2.42. The van der Waals surface area contributed by atoms with E-state index in [0.29, 0.717) is 5.56 Å². The van der Waals surface area contributed by atoms with Crippen LogP contribution in [0.25, 0.3) is 0 Å². The summed E-state index contributed by atoms with van der Waals surface area (Å²) in [5.41, 5.74) is 0.557. The predicted molar refractivity (Wildman–Crippen MR) is 97.0 cm³/mol. The van der Waals surface area contributed by atoms with Crippen molar-refractivity contribution in [1.82, 2.24) is 5.01 Å². The normalized spacial score (nSPS) is 21.7. The van der Waals surface area contributed by atoms with E-state index in [1.807, 2.05) is 0 Å². The second-order valence-electron chi connectivity index (χ2n) is 6.50. The van der Waals surface area contributed by atoms with Gasteiger partial charge in [-0.05, 0) is 19.4 Å². The molecule has 1 atom stereocenters. The molecule has 10 nitrogen and oxygen atoms in total. The molecule has 27 heavy (non-hydrogen) atoms. The standard InChI is InChI=1S/C16H18N4O6S/c1-10-12(3-2-4-14(10)20(23)24)17-16(22)13-5-6-15(21)19(18-13)11-7-8-27(25,26)9-11/h2-4,11H,5-9H2,1H3,(H,17,22). The van der Waals surface area contributed by atoms with Crippen molar-refractivity contribution in [3.8, 4) is 0 Å². The smallest absolute Gasteiger partial charge is 0.274 e. The molecule has 0 radical (unpaired) electrons. The fraction of sp³-hybridized carbons (Fsp3) is 0.438. The van der Waals surface area contributed by atoms with Crippen LogP contribution in [0.2, 0.25) is 0 Å². The zero-order chi connectivity index (χ0) is 19.8. The predicted octanol–water partition coefficient (Wildman–Crippen LogP) is 1.01. The number of nitrogens with zero attached hydrogens (tertiary/aromatic N) is 3. The van der Waals surface area contributed by atoms with Gasteiger partial charge in [0.25, 0.3) is 11.6 Å². The van der Waals surface area contributed by atoms with Crippen LogP contribution in [0, 0.1) is 17.0 Å². The highest BCUT2D eigenvalue weighted by molar-refractivity contribution is 7.91. The number of nitrogens with one attached hydrogen (secondary N) is 1. The van der Waals surface area contributed by atoms with Gasteiger partial charge in [0.15, 0.2) is 9.84 Å². The molecular weight excluding hydrogens is 376 g/mol. The van der Waals surface area contributed by atoms with Crippen molar-refractivity contribution in [3.05, 3.63) is 33.9 Å². The summed E-state index contributed by atoms with van der Waals surface area (Å²) >= 11 is 0. The SMILES string of the molecule is Cc1c(NC(=O)C2=NN(C3CCS(=O)(=O)C3)C(=O)CC2)cccc1[N+](=O)[O-]. The van der Waals surface area contributed by atoms with E-state index in [4.69, 9.17) is 0 Å². The minimum atomic E-state index is -3.20. The second-order valence-corrected chi connectivity index (χ2v) is 8.73. The Bertz CT molecular complexity index is 956. The van der Waals surface area contributed by atoms with Crippen molar-refractivity contribution in [2.75, 3.05) is 16.8 Å². The number of hydrazone groups is 1. The number of sulfone groups is 1. The zero-order valence-electron chi connectivity index (χ0n) is 14.5. The molecule has 1 saturated heterocycles. The molecule has 1 aromatic rings. The lowest BCUT2D eigenvalue weighted by atomic mass is 10.1. The lowest BCUT2D eigenvalue weighted by Gasteiger charge is -2.27. The van der Waals surface area contributed by atoms with Gasteiger partial charge in [-0.15, -0.1) is 0 Å². The minimum absolute atomic E-state index is 0.00856.